The summed E-state index contributed by atoms with van der Waals surface area (Å²) in [6.45, 7) is 0. The van der Waals surface area contributed by atoms with E-state index in [-0.39, 0.29) is 0 Å². The Morgan fingerprint density at radius 3 is 1.67 bits per heavy atom. The third-order valence-electron chi connectivity index (χ3n) is 10.6. The highest BCUT2D eigenvalue weighted by molar-refractivity contribution is 6.16. The zero-order valence-electron chi connectivity index (χ0n) is 29.7. The van der Waals surface area contributed by atoms with Crippen molar-refractivity contribution in [2.45, 2.75) is 0 Å². The summed E-state index contributed by atoms with van der Waals surface area (Å²) >= 11 is 0. The van der Waals surface area contributed by atoms with Crippen molar-refractivity contribution >= 4 is 49.6 Å². The van der Waals surface area contributed by atoms with Gasteiger partial charge in [0.25, 0.3) is 0 Å². The maximum absolute atomic E-state index is 2.39. The average molecular weight is 689 g/mol. The Balaban J connectivity index is 1.13. The van der Waals surface area contributed by atoms with Gasteiger partial charge in [-0.05, 0) is 105 Å². The first-order chi connectivity index (χ1) is 26.8. The molecular formula is C52H36N2. The molecule has 0 radical (unpaired) electrons. The van der Waals surface area contributed by atoms with E-state index in [4.69, 9.17) is 0 Å². The van der Waals surface area contributed by atoms with Crippen LogP contribution in [-0.2, 0) is 0 Å². The normalized spacial score (nSPS) is 11.3. The molecule has 2 nitrogen and oxygen atoms in total. The van der Waals surface area contributed by atoms with Crippen molar-refractivity contribution in [1.29, 1.82) is 0 Å². The minimum absolute atomic E-state index is 1.10. The minimum Gasteiger partial charge on any atom is -0.310 e. The molecule has 0 unspecified atom stereocenters. The molecular weight excluding hydrogens is 653 g/mol. The standard InChI is InChI=1S/C52H36N2/c1-3-16-38(17-4-1)46-23-9-10-24-47(46)39-30-32-43(33-31-39)53(45-34-29-37-15-7-8-18-40(37)35-45)44-22-13-19-41(36-44)48-26-14-28-51-52(48)49-25-11-12-27-50(49)54(51)42-20-5-2-6-21-42/h1-36H. The highest BCUT2D eigenvalue weighted by Crippen LogP contribution is 2.42. The topological polar surface area (TPSA) is 8.17 Å². The maximum Gasteiger partial charge on any atom is 0.0547 e. The minimum atomic E-state index is 1.10. The third-order valence-corrected chi connectivity index (χ3v) is 10.6. The molecule has 0 saturated heterocycles. The quantitative estimate of drug-likeness (QED) is 0.162. The van der Waals surface area contributed by atoms with Gasteiger partial charge >= 0.3 is 0 Å². The van der Waals surface area contributed by atoms with E-state index in [1.54, 1.807) is 0 Å². The largest absolute Gasteiger partial charge is 0.310 e. The fraction of sp³-hybridized carbons (Fsp3) is 0. The molecule has 0 aliphatic carbocycles. The molecule has 9 aromatic carbocycles. The molecule has 2 heteroatoms. The molecule has 54 heavy (non-hydrogen) atoms. The Morgan fingerprint density at radius 2 is 0.870 bits per heavy atom. The van der Waals surface area contributed by atoms with Crippen LogP contribution < -0.4 is 4.90 Å². The molecule has 0 saturated carbocycles. The molecule has 254 valence electrons. The highest BCUT2D eigenvalue weighted by atomic mass is 15.1. The van der Waals surface area contributed by atoms with E-state index in [0.717, 1.165) is 22.7 Å². The summed E-state index contributed by atoms with van der Waals surface area (Å²) in [4.78, 5) is 2.39. The predicted octanol–water partition coefficient (Wildman–Crippen LogP) is 14.4. The van der Waals surface area contributed by atoms with Crippen LogP contribution in [0.3, 0.4) is 0 Å². The Labute approximate surface area is 315 Å². The van der Waals surface area contributed by atoms with Crippen molar-refractivity contribution in [2.75, 3.05) is 4.90 Å². The number of aromatic nitrogens is 1. The molecule has 0 N–H and O–H groups in total. The number of para-hydroxylation sites is 2. The van der Waals surface area contributed by atoms with Gasteiger partial charge in [0.05, 0.1) is 11.0 Å². The van der Waals surface area contributed by atoms with E-state index >= 15 is 0 Å². The zero-order chi connectivity index (χ0) is 35.8. The average Bonchev–Trinajstić information content (AvgIpc) is 3.59. The number of rotatable bonds is 7. The van der Waals surface area contributed by atoms with Gasteiger partial charge in [0.1, 0.15) is 0 Å². The molecule has 0 bridgehead atoms. The third kappa shape index (κ3) is 5.53. The summed E-state index contributed by atoms with van der Waals surface area (Å²) in [7, 11) is 0. The Morgan fingerprint density at radius 1 is 0.315 bits per heavy atom. The Kier molecular flexibility index (Phi) is 7.85. The van der Waals surface area contributed by atoms with Gasteiger partial charge in [-0.1, -0.05) is 158 Å². The van der Waals surface area contributed by atoms with Crippen LogP contribution in [0.1, 0.15) is 0 Å². The van der Waals surface area contributed by atoms with E-state index in [1.165, 1.54) is 66.0 Å². The lowest BCUT2D eigenvalue weighted by Crippen LogP contribution is -2.10. The second-order valence-electron chi connectivity index (χ2n) is 13.8. The zero-order valence-corrected chi connectivity index (χ0v) is 29.7. The lowest BCUT2D eigenvalue weighted by atomic mass is 9.94. The predicted molar refractivity (Wildman–Crippen MR) is 229 cm³/mol. The van der Waals surface area contributed by atoms with Crippen LogP contribution in [-0.4, -0.2) is 4.57 Å². The fourth-order valence-corrected chi connectivity index (χ4v) is 8.09. The molecule has 0 atom stereocenters. The van der Waals surface area contributed by atoms with Gasteiger partial charge in [0.2, 0.25) is 0 Å². The summed E-state index contributed by atoms with van der Waals surface area (Å²) in [6, 6.07) is 78.8. The van der Waals surface area contributed by atoms with Crippen LogP contribution in [0, 0.1) is 0 Å². The Bertz CT molecular complexity index is 2920. The molecule has 0 aliphatic heterocycles. The number of nitrogens with zero attached hydrogens (tertiary/aromatic N) is 2. The van der Waals surface area contributed by atoms with Crippen LogP contribution in [0.15, 0.2) is 218 Å². The SMILES string of the molecule is c1ccc(-c2ccccc2-c2ccc(N(c3cccc(-c4cccc5c4c4ccccc4n5-c4ccccc4)c3)c3ccc4ccccc4c3)cc2)cc1. The van der Waals surface area contributed by atoms with Gasteiger partial charge in [-0.25, -0.2) is 0 Å². The fourth-order valence-electron chi connectivity index (χ4n) is 8.09. The van der Waals surface area contributed by atoms with E-state index in [9.17, 15) is 0 Å². The lowest BCUT2D eigenvalue weighted by molar-refractivity contribution is 1.18. The number of hydrogen-bond acceptors (Lipinski definition) is 1. The number of hydrogen-bond donors (Lipinski definition) is 0. The van der Waals surface area contributed by atoms with Crippen molar-refractivity contribution in [3.8, 4) is 39.1 Å². The van der Waals surface area contributed by atoms with Crippen molar-refractivity contribution in [3.05, 3.63) is 218 Å². The molecule has 1 heterocycles. The smallest absolute Gasteiger partial charge is 0.0547 e. The second kappa shape index (κ2) is 13.4. The monoisotopic (exact) mass is 688 g/mol. The van der Waals surface area contributed by atoms with Crippen LogP contribution in [0.2, 0.25) is 0 Å². The van der Waals surface area contributed by atoms with Crippen molar-refractivity contribution < 1.29 is 0 Å². The Hall–Kier alpha value is -7.16. The van der Waals surface area contributed by atoms with Gasteiger partial charge in [-0.3, -0.25) is 0 Å². The van der Waals surface area contributed by atoms with E-state index in [1.807, 2.05) is 0 Å². The van der Waals surface area contributed by atoms with Gasteiger partial charge < -0.3 is 9.47 Å². The summed E-state index contributed by atoms with van der Waals surface area (Å²) in [6.07, 6.45) is 0. The lowest BCUT2D eigenvalue weighted by Gasteiger charge is -2.27. The van der Waals surface area contributed by atoms with E-state index < -0.39 is 0 Å². The first kappa shape index (κ1) is 31.6. The van der Waals surface area contributed by atoms with Crippen molar-refractivity contribution in [2.24, 2.45) is 0 Å². The van der Waals surface area contributed by atoms with Gasteiger partial charge in [0.15, 0.2) is 0 Å². The highest BCUT2D eigenvalue weighted by Gasteiger charge is 2.19. The molecule has 1 aromatic heterocycles. The van der Waals surface area contributed by atoms with Gasteiger partial charge in [-0.15, -0.1) is 0 Å². The first-order valence-electron chi connectivity index (χ1n) is 18.5. The van der Waals surface area contributed by atoms with Gasteiger partial charge in [0, 0.05) is 33.5 Å². The molecule has 10 rings (SSSR count). The van der Waals surface area contributed by atoms with Crippen LogP contribution >= 0.6 is 0 Å². The number of benzene rings is 9. The number of fused-ring (bicyclic) bond motifs is 4. The van der Waals surface area contributed by atoms with Crippen molar-refractivity contribution in [1.82, 2.24) is 4.57 Å². The molecule has 0 spiro atoms. The van der Waals surface area contributed by atoms with Crippen molar-refractivity contribution in [3.63, 3.8) is 0 Å². The summed E-state index contributed by atoms with van der Waals surface area (Å²) < 4.78 is 2.39. The van der Waals surface area contributed by atoms with Crippen LogP contribution in [0.5, 0.6) is 0 Å². The molecule has 0 fully saturated rings. The first-order valence-corrected chi connectivity index (χ1v) is 18.5. The number of anilines is 3. The van der Waals surface area contributed by atoms with Crippen LogP contribution in [0.25, 0.3) is 71.6 Å². The van der Waals surface area contributed by atoms with Crippen LogP contribution in [0.4, 0.5) is 17.1 Å². The van der Waals surface area contributed by atoms with E-state index in [0.29, 0.717) is 0 Å². The van der Waals surface area contributed by atoms with Gasteiger partial charge in [-0.2, -0.15) is 0 Å². The maximum atomic E-state index is 2.39. The summed E-state index contributed by atoms with van der Waals surface area (Å²) in [5, 5.41) is 4.94. The molecule has 0 amide bonds. The summed E-state index contributed by atoms with van der Waals surface area (Å²) in [5.41, 5.74) is 14.1. The molecule has 0 aliphatic rings. The summed E-state index contributed by atoms with van der Waals surface area (Å²) in [5.74, 6) is 0. The molecule has 10 aromatic rings. The second-order valence-corrected chi connectivity index (χ2v) is 13.8. The van der Waals surface area contributed by atoms with E-state index in [2.05, 4.69) is 228 Å².